The lowest BCUT2D eigenvalue weighted by atomic mass is 10.0. The number of para-hydroxylation sites is 1. The molecule has 1 saturated heterocycles. The van der Waals surface area contributed by atoms with Gasteiger partial charge in [-0.15, -0.1) is 0 Å². The van der Waals surface area contributed by atoms with Crippen LogP contribution in [0.3, 0.4) is 0 Å². The van der Waals surface area contributed by atoms with Gasteiger partial charge in [0, 0.05) is 12.2 Å². The minimum Gasteiger partial charge on any atom is -0.345 e. The normalized spacial score (nSPS) is 18.9. The summed E-state index contributed by atoms with van der Waals surface area (Å²) in [5.74, 6) is -1.81. The summed E-state index contributed by atoms with van der Waals surface area (Å²) in [4.78, 5) is 58.5. The number of imidazole rings is 1. The second-order valence-corrected chi connectivity index (χ2v) is 11.9. The standard InChI is InChI=1S/C24H27N7O4.C5H12/c25-10-18-9-16(22(33)29-17-4-2-1-3-5-17)13-31(18)21(32)12-27-23(34)19(8-15-6-7-15)30-24(35)20-11-26-14-28-20;1-5(2,3)4/h1-5,11,14-16,18-19H,6-9,12-13H2,(H,26,28)(H,27,34)(H,29,33)(H,30,35);1-4H3. The van der Waals surface area contributed by atoms with Crippen LogP contribution in [0.15, 0.2) is 42.9 Å². The van der Waals surface area contributed by atoms with Gasteiger partial charge in [0.15, 0.2) is 0 Å². The second-order valence-electron chi connectivity index (χ2n) is 11.9. The predicted octanol–water partition coefficient (Wildman–Crippen LogP) is 2.86. The highest BCUT2D eigenvalue weighted by molar-refractivity contribution is 5.97. The summed E-state index contributed by atoms with van der Waals surface area (Å²) in [6, 6.07) is 9.49. The van der Waals surface area contributed by atoms with E-state index in [1.165, 1.54) is 17.4 Å². The Kier molecular flexibility index (Phi) is 10.4. The van der Waals surface area contributed by atoms with Crippen LogP contribution in [0.1, 0.15) is 63.9 Å². The summed E-state index contributed by atoms with van der Waals surface area (Å²) in [6.45, 7) is 8.51. The molecule has 2 fully saturated rings. The van der Waals surface area contributed by atoms with Crippen molar-refractivity contribution < 1.29 is 19.2 Å². The van der Waals surface area contributed by atoms with E-state index in [1.807, 2.05) is 6.07 Å². The lowest BCUT2D eigenvalue weighted by Gasteiger charge is -2.22. The van der Waals surface area contributed by atoms with Crippen LogP contribution in [0.4, 0.5) is 5.69 Å². The summed E-state index contributed by atoms with van der Waals surface area (Å²) < 4.78 is 0. The number of nitrogens with one attached hydrogen (secondary N) is 4. The largest absolute Gasteiger partial charge is 0.345 e. The summed E-state index contributed by atoms with van der Waals surface area (Å²) in [7, 11) is 0. The maximum absolute atomic E-state index is 12.8. The molecule has 1 aromatic heterocycles. The van der Waals surface area contributed by atoms with Gasteiger partial charge in [0.1, 0.15) is 17.8 Å². The Balaban J connectivity index is 0.000000810. The average molecular weight is 550 g/mol. The zero-order valence-corrected chi connectivity index (χ0v) is 23.6. The molecule has 214 valence electrons. The van der Waals surface area contributed by atoms with Crippen LogP contribution in [0.5, 0.6) is 0 Å². The molecular formula is C29H39N7O4. The molecule has 3 unspecified atom stereocenters. The van der Waals surface area contributed by atoms with E-state index in [-0.39, 0.29) is 31.1 Å². The highest BCUT2D eigenvalue weighted by Crippen LogP contribution is 2.33. The van der Waals surface area contributed by atoms with Gasteiger partial charge in [-0.3, -0.25) is 19.2 Å². The monoisotopic (exact) mass is 549 g/mol. The number of carbonyl (C=O) groups is 4. The number of benzene rings is 1. The molecule has 2 heterocycles. The molecule has 11 heteroatoms. The summed E-state index contributed by atoms with van der Waals surface area (Å²) >= 11 is 0. The number of anilines is 1. The topological polar surface area (TPSA) is 160 Å². The molecule has 4 amide bonds. The van der Waals surface area contributed by atoms with E-state index in [9.17, 15) is 24.4 Å². The van der Waals surface area contributed by atoms with Crippen molar-refractivity contribution in [3.63, 3.8) is 0 Å². The van der Waals surface area contributed by atoms with Gasteiger partial charge in [-0.25, -0.2) is 4.98 Å². The number of rotatable bonds is 9. The first-order chi connectivity index (χ1) is 18.9. The molecule has 1 aromatic carbocycles. The van der Waals surface area contributed by atoms with Crippen LogP contribution in [0.2, 0.25) is 0 Å². The smallest absolute Gasteiger partial charge is 0.269 e. The van der Waals surface area contributed by atoms with Crippen molar-refractivity contribution >= 4 is 29.3 Å². The van der Waals surface area contributed by atoms with Crippen molar-refractivity contribution in [2.75, 3.05) is 18.4 Å². The van der Waals surface area contributed by atoms with E-state index in [0.717, 1.165) is 12.8 Å². The number of aromatic amines is 1. The molecule has 11 nitrogen and oxygen atoms in total. The quantitative estimate of drug-likeness (QED) is 0.376. The van der Waals surface area contributed by atoms with Crippen LogP contribution in [-0.4, -0.2) is 63.7 Å². The van der Waals surface area contributed by atoms with Crippen molar-refractivity contribution in [3.8, 4) is 6.07 Å². The lowest BCUT2D eigenvalue weighted by Crippen LogP contribution is -2.50. The first kappa shape index (κ1) is 30.3. The molecule has 40 heavy (non-hydrogen) atoms. The molecule has 4 rings (SSSR count). The molecule has 2 aliphatic rings. The van der Waals surface area contributed by atoms with Gasteiger partial charge in [0.05, 0.1) is 31.1 Å². The van der Waals surface area contributed by atoms with E-state index < -0.39 is 35.7 Å². The number of hydrogen-bond acceptors (Lipinski definition) is 6. The Labute approximate surface area is 235 Å². The van der Waals surface area contributed by atoms with Gasteiger partial charge in [0.2, 0.25) is 17.7 Å². The van der Waals surface area contributed by atoms with Gasteiger partial charge in [-0.05, 0) is 36.3 Å². The molecule has 0 bridgehead atoms. The summed E-state index contributed by atoms with van der Waals surface area (Å²) in [5.41, 5.74) is 1.38. The molecular weight excluding hydrogens is 510 g/mol. The number of nitriles is 1. The van der Waals surface area contributed by atoms with E-state index in [1.54, 1.807) is 24.3 Å². The molecule has 1 aliphatic heterocycles. The summed E-state index contributed by atoms with van der Waals surface area (Å²) in [6.07, 6.45) is 5.42. The van der Waals surface area contributed by atoms with Crippen molar-refractivity contribution in [2.45, 2.75) is 65.5 Å². The number of hydrogen-bond donors (Lipinski definition) is 4. The molecule has 1 saturated carbocycles. The van der Waals surface area contributed by atoms with E-state index in [4.69, 9.17) is 0 Å². The predicted molar refractivity (Wildman–Crippen MR) is 150 cm³/mol. The first-order valence-corrected chi connectivity index (χ1v) is 13.6. The Morgan fingerprint density at radius 2 is 1.82 bits per heavy atom. The third-order valence-electron chi connectivity index (χ3n) is 6.23. The number of carbonyl (C=O) groups excluding carboxylic acids is 4. The Morgan fingerprint density at radius 3 is 2.40 bits per heavy atom. The van der Waals surface area contributed by atoms with Gasteiger partial charge in [-0.1, -0.05) is 58.7 Å². The fraction of sp³-hybridized carbons (Fsp3) is 0.517. The third-order valence-corrected chi connectivity index (χ3v) is 6.23. The number of aromatic nitrogens is 2. The zero-order chi connectivity index (χ0) is 29.3. The SMILES string of the molecule is CC(C)(C)C.N#CC1CC(C(=O)Nc2ccccc2)CN1C(=O)CNC(=O)C(CC1CC1)NC(=O)c1cnc[nH]1. The van der Waals surface area contributed by atoms with Crippen molar-refractivity contribution in [3.05, 3.63) is 48.5 Å². The van der Waals surface area contributed by atoms with Crippen LogP contribution in [-0.2, 0) is 14.4 Å². The third kappa shape index (κ3) is 9.84. The maximum Gasteiger partial charge on any atom is 0.269 e. The highest BCUT2D eigenvalue weighted by Gasteiger charge is 2.39. The highest BCUT2D eigenvalue weighted by atomic mass is 16.2. The van der Waals surface area contributed by atoms with Gasteiger partial charge in [-0.2, -0.15) is 5.26 Å². The molecule has 1 aliphatic carbocycles. The number of H-pyrrole nitrogens is 1. The Hall–Kier alpha value is -4.20. The Morgan fingerprint density at radius 1 is 1.15 bits per heavy atom. The molecule has 3 atom stereocenters. The second kappa shape index (κ2) is 13.7. The number of likely N-dealkylation sites (tertiary alicyclic amines) is 1. The van der Waals surface area contributed by atoms with Crippen molar-refractivity contribution in [2.24, 2.45) is 17.3 Å². The van der Waals surface area contributed by atoms with E-state index in [0.29, 0.717) is 23.4 Å². The van der Waals surface area contributed by atoms with Gasteiger partial charge < -0.3 is 25.8 Å². The van der Waals surface area contributed by atoms with Crippen LogP contribution in [0, 0.1) is 28.6 Å². The van der Waals surface area contributed by atoms with Gasteiger partial charge >= 0.3 is 0 Å². The minimum atomic E-state index is -0.791. The molecule has 4 N–H and O–H groups in total. The first-order valence-electron chi connectivity index (χ1n) is 13.6. The van der Waals surface area contributed by atoms with E-state index in [2.05, 4.69) is 59.7 Å². The van der Waals surface area contributed by atoms with Crippen molar-refractivity contribution in [1.29, 1.82) is 5.26 Å². The maximum atomic E-state index is 12.8. The molecule has 0 radical (unpaired) electrons. The zero-order valence-electron chi connectivity index (χ0n) is 23.6. The lowest BCUT2D eigenvalue weighted by molar-refractivity contribution is -0.133. The fourth-order valence-corrected chi connectivity index (χ4v) is 4.11. The molecule has 2 aromatic rings. The Bertz CT molecular complexity index is 1190. The van der Waals surface area contributed by atoms with Crippen molar-refractivity contribution in [1.82, 2.24) is 25.5 Å². The average Bonchev–Trinajstić information content (AvgIpc) is 3.37. The van der Waals surface area contributed by atoms with Gasteiger partial charge in [0.25, 0.3) is 5.91 Å². The van der Waals surface area contributed by atoms with E-state index >= 15 is 0 Å². The van der Waals surface area contributed by atoms with Crippen LogP contribution >= 0.6 is 0 Å². The molecule has 0 spiro atoms. The van der Waals surface area contributed by atoms with Crippen LogP contribution < -0.4 is 16.0 Å². The number of nitrogens with zero attached hydrogens (tertiary/aromatic N) is 3. The fourth-order valence-electron chi connectivity index (χ4n) is 4.11. The summed E-state index contributed by atoms with van der Waals surface area (Å²) in [5, 5.41) is 17.6. The van der Waals surface area contributed by atoms with Crippen LogP contribution in [0.25, 0.3) is 0 Å². The minimum absolute atomic E-state index is 0.0909. The number of amides is 4.